The zero-order valence-corrected chi connectivity index (χ0v) is 25.4. The lowest BCUT2D eigenvalue weighted by molar-refractivity contribution is 0.0730. The fourth-order valence-electron chi connectivity index (χ4n) is 5.13. The molecule has 11 nitrogen and oxygen atoms in total. The normalized spacial score (nSPS) is 14.7. The van der Waals surface area contributed by atoms with Crippen molar-refractivity contribution in [1.82, 2.24) is 28.7 Å². The van der Waals surface area contributed by atoms with E-state index in [1.807, 2.05) is 60.7 Å². The first kappa shape index (κ1) is 28.9. The van der Waals surface area contributed by atoms with Crippen LogP contribution >= 0.6 is 11.3 Å². The molecule has 45 heavy (non-hydrogen) atoms. The number of nitrogens with zero attached hydrogens (tertiary/aromatic N) is 6. The first-order valence-corrected chi connectivity index (χ1v) is 16.4. The molecule has 1 aliphatic rings. The summed E-state index contributed by atoms with van der Waals surface area (Å²) in [5, 5.41) is 9.18. The standard InChI is InChI=1S/C32H26N6O5S2/c39-30-27(19-22-7-3-1-4-8-22)34-38-31(40)28(44-32(38)33-30)20-24-21-37(25-9-5-2-6-10-25)35-29(24)23-11-13-26(14-12-23)45(41,42)36-15-17-43-18-16-36/h1-14,20-21H,15-19H2/b28-20-. The molecule has 0 aliphatic carbocycles. The van der Waals surface area contributed by atoms with Crippen LogP contribution in [-0.4, -0.2) is 63.4 Å². The molecule has 0 bridgehead atoms. The number of morpholine rings is 1. The first-order chi connectivity index (χ1) is 21.9. The van der Waals surface area contributed by atoms with Crippen LogP contribution in [0.1, 0.15) is 16.8 Å². The van der Waals surface area contributed by atoms with Crippen LogP contribution in [-0.2, 0) is 21.2 Å². The number of aromatic nitrogens is 5. The number of benzene rings is 3. The average molecular weight is 639 g/mol. The fourth-order valence-corrected chi connectivity index (χ4v) is 7.44. The number of ether oxygens (including phenoxy) is 1. The molecule has 6 aromatic rings. The highest BCUT2D eigenvalue weighted by atomic mass is 32.2. The average Bonchev–Trinajstić information content (AvgIpc) is 3.63. The summed E-state index contributed by atoms with van der Waals surface area (Å²) in [7, 11) is -3.67. The van der Waals surface area contributed by atoms with Crippen molar-refractivity contribution in [2.24, 2.45) is 0 Å². The van der Waals surface area contributed by atoms with E-state index in [0.717, 1.165) is 22.6 Å². The minimum Gasteiger partial charge on any atom is -0.379 e. The molecule has 1 aliphatic heterocycles. The molecule has 4 heterocycles. The van der Waals surface area contributed by atoms with Crippen molar-refractivity contribution < 1.29 is 13.2 Å². The van der Waals surface area contributed by atoms with Crippen molar-refractivity contribution in [2.45, 2.75) is 11.3 Å². The molecule has 0 atom stereocenters. The maximum absolute atomic E-state index is 13.5. The molecule has 1 saturated heterocycles. The largest absolute Gasteiger partial charge is 0.379 e. The van der Waals surface area contributed by atoms with Gasteiger partial charge in [0.15, 0.2) is 0 Å². The third-order valence-corrected chi connectivity index (χ3v) is 10.3. The van der Waals surface area contributed by atoms with Crippen LogP contribution in [0.4, 0.5) is 0 Å². The van der Waals surface area contributed by atoms with Gasteiger partial charge in [0.2, 0.25) is 15.0 Å². The second kappa shape index (κ2) is 11.9. The predicted octanol–water partition coefficient (Wildman–Crippen LogP) is 2.52. The van der Waals surface area contributed by atoms with Gasteiger partial charge in [-0.25, -0.2) is 13.1 Å². The van der Waals surface area contributed by atoms with Gasteiger partial charge < -0.3 is 4.74 Å². The second-order valence-corrected chi connectivity index (χ2v) is 13.3. The minimum atomic E-state index is -3.67. The molecule has 0 amide bonds. The van der Waals surface area contributed by atoms with Gasteiger partial charge in [0, 0.05) is 36.8 Å². The van der Waals surface area contributed by atoms with Crippen molar-refractivity contribution >= 4 is 32.4 Å². The molecule has 3 aromatic carbocycles. The van der Waals surface area contributed by atoms with Crippen molar-refractivity contribution in [1.29, 1.82) is 0 Å². The predicted molar refractivity (Wildman–Crippen MR) is 170 cm³/mol. The minimum absolute atomic E-state index is 0.181. The number of fused-ring (bicyclic) bond motifs is 1. The quantitative estimate of drug-likeness (QED) is 0.261. The van der Waals surface area contributed by atoms with Crippen molar-refractivity contribution in [2.75, 3.05) is 26.3 Å². The van der Waals surface area contributed by atoms with Crippen molar-refractivity contribution in [3.63, 3.8) is 0 Å². The van der Waals surface area contributed by atoms with Crippen molar-refractivity contribution in [3.05, 3.63) is 133 Å². The SMILES string of the molecule is O=c1nc2s/c(=C\c3cn(-c4ccccc4)nc3-c3ccc(S(=O)(=O)N4CCOCC4)cc3)c(=O)n2nc1Cc1ccccc1. The highest BCUT2D eigenvalue weighted by Crippen LogP contribution is 2.27. The summed E-state index contributed by atoms with van der Waals surface area (Å²) in [5.41, 5.74) is 2.84. The summed E-state index contributed by atoms with van der Waals surface area (Å²) in [5.74, 6) is 0. The van der Waals surface area contributed by atoms with Gasteiger partial charge >= 0.3 is 0 Å². The molecular weight excluding hydrogens is 613 g/mol. The van der Waals surface area contributed by atoms with E-state index in [1.54, 1.807) is 41.2 Å². The Morgan fingerprint density at radius 3 is 2.27 bits per heavy atom. The van der Waals surface area contributed by atoms with E-state index in [-0.39, 0.29) is 22.0 Å². The van der Waals surface area contributed by atoms with E-state index < -0.39 is 21.1 Å². The maximum atomic E-state index is 13.5. The van der Waals surface area contributed by atoms with Crippen LogP contribution in [0.5, 0.6) is 0 Å². The molecule has 7 rings (SSSR count). The van der Waals surface area contributed by atoms with E-state index in [9.17, 15) is 18.0 Å². The Labute approximate surface area is 261 Å². The molecule has 0 unspecified atom stereocenters. The van der Waals surface area contributed by atoms with Gasteiger partial charge in [-0.2, -0.15) is 24.0 Å². The molecule has 0 N–H and O–H groups in total. The van der Waals surface area contributed by atoms with Gasteiger partial charge in [-0.05, 0) is 35.9 Å². The molecule has 0 spiro atoms. The van der Waals surface area contributed by atoms with Crippen LogP contribution in [0, 0.1) is 0 Å². The van der Waals surface area contributed by atoms with E-state index in [4.69, 9.17) is 9.84 Å². The molecule has 0 radical (unpaired) electrons. The second-order valence-electron chi connectivity index (χ2n) is 10.4. The lowest BCUT2D eigenvalue weighted by atomic mass is 10.1. The van der Waals surface area contributed by atoms with Crippen LogP contribution in [0.25, 0.3) is 28.0 Å². The number of hydrogen-bond donors (Lipinski definition) is 0. The van der Waals surface area contributed by atoms with Crippen LogP contribution < -0.4 is 15.7 Å². The van der Waals surface area contributed by atoms with E-state index in [0.29, 0.717) is 47.7 Å². The summed E-state index contributed by atoms with van der Waals surface area (Å²) >= 11 is 1.07. The molecule has 3 aromatic heterocycles. The number of hydrogen-bond acceptors (Lipinski definition) is 9. The Balaban J connectivity index is 1.31. The summed E-state index contributed by atoms with van der Waals surface area (Å²) in [6, 6.07) is 25.5. The molecule has 226 valence electrons. The molecule has 1 fully saturated rings. The Morgan fingerprint density at radius 1 is 0.867 bits per heavy atom. The van der Waals surface area contributed by atoms with Gasteiger partial charge in [0.1, 0.15) is 5.69 Å². The number of thiazole rings is 1. The van der Waals surface area contributed by atoms with Crippen LogP contribution in [0.3, 0.4) is 0 Å². The Hall–Kier alpha value is -4.82. The van der Waals surface area contributed by atoms with E-state index >= 15 is 0 Å². The summed E-state index contributed by atoms with van der Waals surface area (Å²) in [6.07, 6.45) is 3.76. The van der Waals surface area contributed by atoms with E-state index in [2.05, 4.69) is 10.1 Å². The zero-order valence-electron chi connectivity index (χ0n) is 23.8. The summed E-state index contributed by atoms with van der Waals surface area (Å²) in [6.45, 7) is 1.34. The Morgan fingerprint density at radius 2 is 1.56 bits per heavy atom. The number of sulfonamides is 1. The van der Waals surface area contributed by atoms with E-state index in [1.165, 1.54) is 8.82 Å². The van der Waals surface area contributed by atoms with Crippen LogP contribution in [0.2, 0.25) is 0 Å². The molecular formula is C32H26N6O5S2. The Bertz CT molecular complexity index is 2280. The summed E-state index contributed by atoms with van der Waals surface area (Å²) < 4.78 is 36.3. The van der Waals surface area contributed by atoms with Crippen LogP contribution in [0.15, 0.2) is 106 Å². The lowest BCUT2D eigenvalue weighted by Gasteiger charge is -2.26. The van der Waals surface area contributed by atoms with Gasteiger partial charge in [-0.3, -0.25) is 9.59 Å². The first-order valence-electron chi connectivity index (χ1n) is 14.2. The Kier molecular flexibility index (Phi) is 7.67. The third-order valence-electron chi connectivity index (χ3n) is 7.45. The van der Waals surface area contributed by atoms with Crippen molar-refractivity contribution in [3.8, 4) is 16.9 Å². The fraction of sp³-hybridized carbons (Fsp3) is 0.156. The lowest BCUT2D eigenvalue weighted by Crippen LogP contribution is -2.40. The highest BCUT2D eigenvalue weighted by Gasteiger charge is 2.26. The maximum Gasteiger partial charge on any atom is 0.296 e. The number of para-hydroxylation sites is 1. The molecule has 13 heteroatoms. The topological polar surface area (TPSA) is 129 Å². The third kappa shape index (κ3) is 5.73. The van der Waals surface area contributed by atoms with Gasteiger partial charge in [-0.1, -0.05) is 72.0 Å². The van der Waals surface area contributed by atoms with Gasteiger partial charge in [0.25, 0.3) is 11.1 Å². The van der Waals surface area contributed by atoms with Gasteiger partial charge in [0.05, 0.1) is 34.0 Å². The monoisotopic (exact) mass is 638 g/mol. The zero-order chi connectivity index (χ0) is 31.0. The van der Waals surface area contributed by atoms with Gasteiger partial charge in [-0.15, -0.1) is 0 Å². The summed E-state index contributed by atoms with van der Waals surface area (Å²) in [4.78, 5) is 30.8. The molecule has 0 saturated carbocycles. The smallest absolute Gasteiger partial charge is 0.296 e. The highest BCUT2D eigenvalue weighted by molar-refractivity contribution is 7.89. The number of rotatable bonds is 7.